The summed E-state index contributed by atoms with van der Waals surface area (Å²) in [5.41, 5.74) is 1.01. The molecule has 2 atom stereocenters. The van der Waals surface area contributed by atoms with Gasteiger partial charge in [0.1, 0.15) is 17.2 Å². The van der Waals surface area contributed by atoms with E-state index < -0.39 is 0 Å². The van der Waals surface area contributed by atoms with E-state index in [2.05, 4.69) is 19.2 Å². The summed E-state index contributed by atoms with van der Waals surface area (Å²) in [7, 11) is 0. The number of fused-ring (bicyclic) bond motifs is 1. The van der Waals surface area contributed by atoms with Crippen LogP contribution >= 0.6 is 0 Å². The standard InChI is InChI=1S/C16H22FNO/c1-3-16(11-5-6-11)10-14(18-4-2)13-8-7-12(17)9-15(13)19-16/h7-9,11,14,18H,3-6,10H2,1-2H3. The van der Waals surface area contributed by atoms with Crippen molar-refractivity contribution in [1.29, 1.82) is 0 Å². The zero-order valence-electron chi connectivity index (χ0n) is 11.7. The molecule has 2 nitrogen and oxygen atoms in total. The van der Waals surface area contributed by atoms with Crippen molar-refractivity contribution in [2.75, 3.05) is 6.54 Å². The molecule has 1 aromatic carbocycles. The van der Waals surface area contributed by atoms with Crippen LogP contribution in [0.4, 0.5) is 4.39 Å². The molecule has 3 rings (SSSR count). The summed E-state index contributed by atoms with van der Waals surface area (Å²) in [5.74, 6) is 1.18. The SMILES string of the molecule is CCNC1CC(CC)(C2CC2)Oc2cc(F)ccc21. The lowest BCUT2D eigenvalue weighted by molar-refractivity contribution is 0.00562. The molecule has 1 fully saturated rings. The zero-order chi connectivity index (χ0) is 13.5. The second-order valence-corrected chi connectivity index (χ2v) is 5.79. The summed E-state index contributed by atoms with van der Waals surface area (Å²) in [5, 5.41) is 3.53. The molecule has 1 heterocycles. The highest BCUT2D eigenvalue weighted by Gasteiger charge is 2.50. The molecule has 3 heteroatoms. The van der Waals surface area contributed by atoms with Crippen molar-refractivity contribution >= 4 is 0 Å². The Bertz CT molecular complexity index is 472. The lowest BCUT2D eigenvalue weighted by atomic mass is 9.82. The van der Waals surface area contributed by atoms with Gasteiger partial charge in [0.25, 0.3) is 0 Å². The Morgan fingerprint density at radius 3 is 2.79 bits per heavy atom. The maximum Gasteiger partial charge on any atom is 0.127 e. The first-order chi connectivity index (χ1) is 9.18. The second kappa shape index (κ2) is 4.78. The molecule has 1 N–H and O–H groups in total. The number of benzene rings is 1. The number of halogens is 1. The number of rotatable bonds is 4. The van der Waals surface area contributed by atoms with Crippen molar-refractivity contribution in [1.82, 2.24) is 5.32 Å². The van der Waals surface area contributed by atoms with Crippen LogP contribution in [0.3, 0.4) is 0 Å². The fourth-order valence-electron chi connectivity index (χ4n) is 3.39. The summed E-state index contributed by atoms with van der Waals surface area (Å²) in [6.07, 6.45) is 4.49. The third kappa shape index (κ3) is 2.25. The van der Waals surface area contributed by atoms with Gasteiger partial charge in [-0.3, -0.25) is 0 Å². The number of ether oxygens (including phenoxy) is 1. The predicted molar refractivity (Wildman–Crippen MR) is 73.8 cm³/mol. The third-order valence-electron chi connectivity index (χ3n) is 4.58. The predicted octanol–water partition coefficient (Wildman–Crippen LogP) is 3.82. The zero-order valence-corrected chi connectivity index (χ0v) is 11.7. The molecule has 0 bridgehead atoms. The fraction of sp³-hybridized carbons (Fsp3) is 0.625. The molecule has 19 heavy (non-hydrogen) atoms. The average molecular weight is 263 g/mol. The monoisotopic (exact) mass is 263 g/mol. The van der Waals surface area contributed by atoms with Gasteiger partial charge in [-0.2, -0.15) is 0 Å². The molecule has 0 spiro atoms. The van der Waals surface area contributed by atoms with E-state index in [0.717, 1.165) is 30.7 Å². The highest BCUT2D eigenvalue weighted by molar-refractivity contribution is 5.40. The van der Waals surface area contributed by atoms with Crippen LogP contribution in [0.15, 0.2) is 18.2 Å². The second-order valence-electron chi connectivity index (χ2n) is 5.79. The van der Waals surface area contributed by atoms with Crippen LogP contribution in [0, 0.1) is 11.7 Å². The summed E-state index contributed by atoms with van der Waals surface area (Å²) < 4.78 is 19.7. The lowest BCUT2D eigenvalue weighted by Gasteiger charge is -2.42. The van der Waals surface area contributed by atoms with Crippen molar-refractivity contribution in [2.24, 2.45) is 5.92 Å². The van der Waals surface area contributed by atoms with Gasteiger partial charge in [0.15, 0.2) is 0 Å². The Morgan fingerprint density at radius 2 is 2.16 bits per heavy atom. The Hall–Kier alpha value is -1.09. The molecule has 1 aliphatic carbocycles. The first-order valence-electron chi connectivity index (χ1n) is 7.40. The van der Waals surface area contributed by atoms with E-state index in [1.165, 1.54) is 18.9 Å². The molecule has 1 aliphatic heterocycles. The highest BCUT2D eigenvalue weighted by atomic mass is 19.1. The lowest BCUT2D eigenvalue weighted by Crippen LogP contribution is -2.45. The quantitative estimate of drug-likeness (QED) is 0.891. The third-order valence-corrected chi connectivity index (χ3v) is 4.58. The summed E-state index contributed by atoms with van der Waals surface area (Å²) in [6.45, 7) is 5.22. The smallest absolute Gasteiger partial charge is 0.127 e. The fourth-order valence-corrected chi connectivity index (χ4v) is 3.39. The number of nitrogens with one attached hydrogen (secondary N) is 1. The van der Waals surface area contributed by atoms with E-state index >= 15 is 0 Å². The summed E-state index contributed by atoms with van der Waals surface area (Å²) in [4.78, 5) is 0. The molecule has 0 saturated heterocycles. The van der Waals surface area contributed by atoms with Crippen LogP contribution in [0.25, 0.3) is 0 Å². The summed E-state index contributed by atoms with van der Waals surface area (Å²) in [6, 6.07) is 5.23. The van der Waals surface area contributed by atoms with E-state index in [0.29, 0.717) is 5.92 Å². The Labute approximate surface area is 114 Å². The minimum atomic E-state index is -0.211. The van der Waals surface area contributed by atoms with Gasteiger partial charge in [0, 0.05) is 24.1 Å². The van der Waals surface area contributed by atoms with Crippen LogP contribution in [-0.4, -0.2) is 12.1 Å². The minimum Gasteiger partial charge on any atom is -0.486 e. The molecule has 2 aliphatic rings. The molecule has 0 aromatic heterocycles. The van der Waals surface area contributed by atoms with E-state index in [-0.39, 0.29) is 17.5 Å². The van der Waals surface area contributed by atoms with Crippen LogP contribution in [0.2, 0.25) is 0 Å². The Morgan fingerprint density at radius 1 is 1.37 bits per heavy atom. The maximum absolute atomic E-state index is 13.5. The van der Waals surface area contributed by atoms with Gasteiger partial charge in [-0.1, -0.05) is 19.9 Å². The van der Waals surface area contributed by atoms with Crippen molar-refractivity contribution in [3.8, 4) is 5.75 Å². The molecule has 1 saturated carbocycles. The van der Waals surface area contributed by atoms with E-state index in [1.807, 2.05) is 6.07 Å². The maximum atomic E-state index is 13.5. The Balaban J connectivity index is 1.99. The first-order valence-corrected chi connectivity index (χ1v) is 7.40. The van der Waals surface area contributed by atoms with Gasteiger partial charge in [-0.05, 0) is 37.8 Å². The van der Waals surface area contributed by atoms with Crippen LogP contribution < -0.4 is 10.1 Å². The number of hydrogen-bond acceptors (Lipinski definition) is 2. The molecular formula is C16H22FNO. The molecule has 2 unspecified atom stereocenters. The van der Waals surface area contributed by atoms with Crippen molar-refractivity contribution in [2.45, 2.75) is 51.2 Å². The molecular weight excluding hydrogens is 241 g/mol. The Kier molecular flexibility index (Phi) is 3.25. The molecule has 1 aromatic rings. The van der Waals surface area contributed by atoms with E-state index in [4.69, 9.17) is 4.74 Å². The van der Waals surface area contributed by atoms with Crippen LogP contribution in [-0.2, 0) is 0 Å². The van der Waals surface area contributed by atoms with E-state index in [1.54, 1.807) is 6.07 Å². The van der Waals surface area contributed by atoms with Crippen molar-refractivity contribution < 1.29 is 9.13 Å². The van der Waals surface area contributed by atoms with Gasteiger partial charge in [0.05, 0.1) is 0 Å². The van der Waals surface area contributed by atoms with Crippen molar-refractivity contribution in [3.63, 3.8) is 0 Å². The number of hydrogen-bond donors (Lipinski definition) is 1. The van der Waals surface area contributed by atoms with Gasteiger partial charge in [0.2, 0.25) is 0 Å². The molecule has 0 radical (unpaired) electrons. The highest BCUT2D eigenvalue weighted by Crippen LogP contribution is 2.52. The summed E-state index contributed by atoms with van der Waals surface area (Å²) >= 11 is 0. The van der Waals surface area contributed by atoms with Gasteiger partial charge in [-0.15, -0.1) is 0 Å². The average Bonchev–Trinajstić information content (AvgIpc) is 3.23. The minimum absolute atomic E-state index is 0.0897. The van der Waals surface area contributed by atoms with Crippen LogP contribution in [0.1, 0.15) is 51.1 Å². The normalized spacial score (nSPS) is 29.7. The van der Waals surface area contributed by atoms with Crippen LogP contribution in [0.5, 0.6) is 5.75 Å². The van der Waals surface area contributed by atoms with Crippen molar-refractivity contribution in [3.05, 3.63) is 29.6 Å². The molecule has 104 valence electrons. The largest absolute Gasteiger partial charge is 0.486 e. The molecule has 0 amide bonds. The topological polar surface area (TPSA) is 21.3 Å². The van der Waals surface area contributed by atoms with Gasteiger partial charge >= 0.3 is 0 Å². The first kappa shape index (κ1) is 12.9. The van der Waals surface area contributed by atoms with Gasteiger partial charge in [-0.25, -0.2) is 4.39 Å². The van der Waals surface area contributed by atoms with E-state index in [9.17, 15) is 4.39 Å². The van der Waals surface area contributed by atoms with Gasteiger partial charge < -0.3 is 10.1 Å².